The molecule has 0 saturated heterocycles. The van der Waals surface area contributed by atoms with E-state index in [2.05, 4.69) is 43.4 Å². The molecule has 0 saturated carbocycles. The van der Waals surface area contributed by atoms with Crippen molar-refractivity contribution in [3.8, 4) is 0 Å². The molecule has 0 aliphatic carbocycles. The average molecular weight is 249 g/mol. The SMILES string of the molecule is CCCCCC(C)N[C@H](CO)Cc1ccccc1. The van der Waals surface area contributed by atoms with Crippen LogP contribution in [0.2, 0.25) is 0 Å². The standard InChI is InChI=1S/C16H27NO/c1-3-4-6-9-14(2)17-16(13-18)12-15-10-7-5-8-11-15/h5,7-8,10-11,14,16-18H,3-4,6,9,12-13H2,1-2H3/t14?,16-/m0/s1. The summed E-state index contributed by atoms with van der Waals surface area (Å²) in [5, 5.41) is 13.0. The van der Waals surface area contributed by atoms with E-state index in [4.69, 9.17) is 0 Å². The highest BCUT2D eigenvalue weighted by Gasteiger charge is 2.11. The minimum atomic E-state index is 0.170. The Morgan fingerprint density at radius 3 is 2.50 bits per heavy atom. The van der Waals surface area contributed by atoms with Crippen LogP contribution in [0.4, 0.5) is 0 Å². The molecule has 0 aromatic heterocycles. The van der Waals surface area contributed by atoms with Gasteiger partial charge in [0.15, 0.2) is 0 Å². The summed E-state index contributed by atoms with van der Waals surface area (Å²) in [5.41, 5.74) is 1.28. The first-order valence-electron chi connectivity index (χ1n) is 7.17. The van der Waals surface area contributed by atoms with Gasteiger partial charge in [-0.1, -0.05) is 56.5 Å². The van der Waals surface area contributed by atoms with Crippen LogP contribution in [0.1, 0.15) is 45.1 Å². The van der Waals surface area contributed by atoms with Crippen molar-refractivity contribution in [1.82, 2.24) is 5.32 Å². The molecule has 102 valence electrons. The summed E-state index contributed by atoms with van der Waals surface area (Å²) in [4.78, 5) is 0. The number of nitrogens with one attached hydrogen (secondary N) is 1. The molecular formula is C16H27NO. The lowest BCUT2D eigenvalue weighted by Crippen LogP contribution is -2.40. The molecule has 1 aromatic rings. The van der Waals surface area contributed by atoms with Crippen molar-refractivity contribution in [3.05, 3.63) is 35.9 Å². The first-order valence-corrected chi connectivity index (χ1v) is 7.17. The lowest BCUT2D eigenvalue weighted by atomic mass is 10.0. The van der Waals surface area contributed by atoms with E-state index in [1.807, 2.05) is 6.07 Å². The number of hydrogen-bond donors (Lipinski definition) is 2. The Bertz CT molecular complexity index is 299. The molecule has 0 spiro atoms. The lowest BCUT2D eigenvalue weighted by Gasteiger charge is -2.21. The Balaban J connectivity index is 2.32. The largest absolute Gasteiger partial charge is 0.395 e. The van der Waals surface area contributed by atoms with E-state index in [1.54, 1.807) is 0 Å². The van der Waals surface area contributed by atoms with E-state index in [9.17, 15) is 5.11 Å². The summed E-state index contributed by atoms with van der Waals surface area (Å²) < 4.78 is 0. The molecule has 0 aliphatic rings. The Hall–Kier alpha value is -0.860. The van der Waals surface area contributed by atoms with Gasteiger partial charge in [-0.25, -0.2) is 0 Å². The third kappa shape index (κ3) is 6.18. The molecular weight excluding hydrogens is 222 g/mol. The van der Waals surface area contributed by atoms with Gasteiger partial charge in [-0.15, -0.1) is 0 Å². The topological polar surface area (TPSA) is 32.3 Å². The van der Waals surface area contributed by atoms with Crippen LogP contribution >= 0.6 is 0 Å². The molecule has 1 rings (SSSR count). The number of rotatable bonds is 9. The molecule has 0 radical (unpaired) electrons. The van der Waals surface area contributed by atoms with Crippen LogP contribution in [0.25, 0.3) is 0 Å². The highest BCUT2D eigenvalue weighted by Crippen LogP contribution is 2.07. The van der Waals surface area contributed by atoms with Crippen LogP contribution in [-0.4, -0.2) is 23.8 Å². The lowest BCUT2D eigenvalue weighted by molar-refractivity contribution is 0.229. The molecule has 2 heteroatoms. The zero-order chi connectivity index (χ0) is 13.2. The van der Waals surface area contributed by atoms with Gasteiger partial charge in [-0.2, -0.15) is 0 Å². The summed E-state index contributed by atoms with van der Waals surface area (Å²) in [7, 11) is 0. The molecule has 18 heavy (non-hydrogen) atoms. The number of benzene rings is 1. The fourth-order valence-corrected chi connectivity index (χ4v) is 2.26. The molecule has 0 heterocycles. The van der Waals surface area contributed by atoms with Crippen molar-refractivity contribution in [3.63, 3.8) is 0 Å². The molecule has 2 N–H and O–H groups in total. The third-order valence-electron chi connectivity index (χ3n) is 3.31. The van der Waals surface area contributed by atoms with Crippen LogP contribution in [0.15, 0.2) is 30.3 Å². The normalized spacial score (nSPS) is 14.4. The summed E-state index contributed by atoms with van der Waals surface area (Å²) in [6.45, 7) is 4.64. The summed E-state index contributed by atoms with van der Waals surface area (Å²) in [6, 6.07) is 11.0. The van der Waals surface area contributed by atoms with Crippen LogP contribution in [0.5, 0.6) is 0 Å². The zero-order valence-electron chi connectivity index (χ0n) is 11.7. The monoisotopic (exact) mass is 249 g/mol. The molecule has 0 aliphatic heterocycles. The van der Waals surface area contributed by atoms with E-state index < -0.39 is 0 Å². The second-order valence-electron chi connectivity index (χ2n) is 5.13. The summed E-state index contributed by atoms with van der Waals surface area (Å²) >= 11 is 0. The maximum Gasteiger partial charge on any atom is 0.0587 e. The molecule has 1 unspecified atom stereocenters. The van der Waals surface area contributed by atoms with E-state index >= 15 is 0 Å². The van der Waals surface area contributed by atoms with Gasteiger partial charge in [0.25, 0.3) is 0 Å². The van der Waals surface area contributed by atoms with Crippen molar-refractivity contribution < 1.29 is 5.11 Å². The van der Waals surface area contributed by atoms with E-state index in [-0.39, 0.29) is 12.6 Å². The first-order chi connectivity index (χ1) is 8.76. The molecule has 0 amide bonds. The highest BCUT2D eigenvalue weighted by molar-refractivity contribution is 5.15. The maximum atomic E-state index is 9.45. The summed E-state index contributed by atoms with van der Waals surface area (Å²) in [5.74, 6) is 0. The second kappa shape index (κ2) is 9.12. The van der Waals surface area contributed by atoms with Crippen molar-refractivity contribution in [2.24, 2.45) is 0 Å². The first kappa shape index (κ1) is 15.2. The number of hydrogen-bond acceptors (Lipinski definition) is 2. The summed E-state index contributed by atoms with van der Waals surface area (Å²) in [6.07, 6.45) is 5.93. The van der Waals surface area contributed by atoms with Gasteiger partial charge in [0.1, 0.15) is 0 Å². The predicted octanol–water partition coefficient (Wildman–Crippen LogP) is 3.15. The van der Waals surface area contributed by atoms with E-state index in [0.717, 1.165) is 6.42 Å². The Labute approximate surface area is 111 Å². The molecule has 0 fully saturated rings. The second-order valence-corrected chi connectivity index (χ2v) is 5.13. The van der Waals surface area contributed by atoms with Crippen molar-refractivity contribution in [1.29, 1.82) is 0 Å². The fraction of sp³-hybridized carbons (Fsp3) is 0.625. The van der Waals surface area contributed by atoms with E-state index in [1.165, 1.54) is 31.2 Å². The zero-order valence-corrected chi connectivity index (χ0v) is 11.7. The van der Waals surface area contributed by atoms with Crippen molar-refractivity contribution in [2.75, 3.05) is 6.61 Å². The highest BCUT2D eigenvalue weighted by atomic mass is 16.3. The fourth-order valence-electron chi connectivity index (χ4n) is 2.26. The van der Waals surface area contributed by atoms with Crippen LogP contribution < -0.4 is 5.32 Å². The van der Waals surface area contributed by atoms with Crippen LogP contribution in [-0.2, 0) is 6.42 Å². The van der Waals surface area contributed by atoms with Gasteiger partial charge < -0.3 is 10.4 Å². The average Bonchev–Trinajstić information content (AvgIpc) is 2.39. The number of aliphatic hydroxyl groups is 1. The molecule has 0 bridgehead atoms. The van der Waals surface area contributed by atoms with Gasteiger partial charge >= 0.3 is 0 Å². The van der Waals surface area contributed by atoms with Crippen molar-refractivity contribution in [2.45, 2.75) is 58.0 Å². The number of unbranched alkanes of at least 4 members (excludes halogenated alkanes) is 2. The minimum absolute atomic E-state index is 0.170. The van der Waals surface area contributed by atoms with Crippen LogP contribution in [0, 0.1) is 0 Å². The third-order valence-corrected chi connectivity index (χ3v) is 3.31. The molecule has 2 atom stereocenters. The Morgan fingerprint density at radius 1 is 1.17 bits per heavy atom. The minimum Gasteiger partial charge on any atom is -0.395 e. The predicted molar refractivity (Wildman–Crippen MR) is 77.8 cm³/mol. The van der Waals surface area contributed by atoms with Gasteiger partial charge in [-0.05, 0) is 25.3 Å². The van der Waals surface area contributed by atoms with E-state index in [0.29, 0.717) is 6.04 Å². The Morgan fingerprint density at radius 2 is 1.89 bits per heavy atom. The maximum absolute atomic E-state index is 9.45. The Kier molecular flexibility index (Phi) is 7.70. The van der Waals surface area contributed by atoms with Gasteiger partial charge in [-0.3, -0.25) is 0 Å². The number of aliphatic hydroxyl groups excluding tert-OH is 1. The smallest absolute Gasteiger partial charge is 0.0587 e. The van der Waals surface area contributed by atoms with Gasteiger partial charge in [0.05, 0.1) is 6.61 Å². The van der Waals surface area contributed by atoms with Crippen LogP contribution in [0.3, 0.4) is 0 Å². The molecule has 1 aromatic carbocycles. The quantitative estimate of drug-likeness (QED) is 0.659. The van der Waals surface area contributed by atoms with Gasteiger partial charge in [0.2, 0.25) is 0 Å². The van der Waals surface area contributed by atoms with Gasteiger partial charge in [0, 0.05) is 12.1 Å². The van der Waals surface area contributed by atoms with Crippen molar-refractivity contribution >= 4 is 0 Å². The molecule has 2 nitrogen and oxygen atoms in total.